The molecule has 3 nitrogen and oxygen atoms in total. The SMILES string of the molecule is CCCCCCCC[C@@H](F)COc1c(F)c(F)cc2c1CCC(c1ccc(OC)nc1)C2. The Morgan fingerprint density at radius 3 is 2.62 bits per heavy atom. The van der Waals surface area contributed by atoms with Crippen LogP contribution in [0.5, 0.6) is 11.6 Å². The highest BCUT2D eigenvalue weighted by Gasteiger charge is 2.27. The molecule has 0 amide bonds. The zero-order valence-corrected chi connectivity index (χ0v) is 19.1. The van der Waals surface area contributed by atoms with Crippen molar-refractivity contribution in [1.29, 1.82) is 0 Å². The normalized spacial score (nSPS) is 16.5. The molecule has 1 aromatic carbocycles. The molecule has 2 atom stereocenters. The summed E-state index contributed by atoms with van der Waals surface area (Å²) in [4.78, 5) is 4.25. The molecule has 6 heteroatoms. The molecule has 1 aliphatic carbocycles. The van der Waals surface area contributed by atoms with Gasteiger partial charge >= 0.3 is 0 Å². The highest BCUT2D eigenvalue weighted by molar-refractivity contribution is 5.45. The van der Waals surface area contributed by atoms with Gasteiger partial charge in [-0.3, -0.25) is 0 Å². The van der Waals surface area contributed by atoms with E-state index in [1.807, 2.05) is 6.07 Å². The minimum Gasteiger partial charge on any atom is -0.487 e. The molecule has 3 rings (SSSR count). The van der Waals surface area contributed by atoms with Crippen molar-refractivity contribution in [2.45, 2.75) is 83.2 Å². The Hall–Kier alpha value is -2.24. The first-order valence-corrected chi connectivity index (χ1v) is 11.8. The first-order chi connectivity index (χ1) is 15.5. The summed E-state index contributed by atoms with van der Waals surface area (Å²) < 4.78 is 53.8. The van der Waals surface area contributed by atoms with Gasteiger partial charge in [-0.1, -0.05) is 51.5 Å². The number of hydrogen-bond acceptors (Lipinski definition) is 3. The van der Waals surface area contributed by atoms with Gasteiger partial charge in [0.25, 0.3) is 0 Å². The van der Waals surface area contributed by atoms with E-state index in [9.17, 15) is 13.2 Å². The summed E-state index contributed by atoms with van der Waals surface area (Å²) in [6.45, 7) is 1.92. The lowest BCUT2D eigenvalue weighted by molar-refractivity contribution is 0.175. The Morgan fingerprint density at radius 2 is 1.91 bits per heavy atom. The molecule has 0 aliphatic heterocycles. The molecule has 1 unspecified atom stereocenters. The van der Waals surface area contributed by atoms with E-state index >= 15 is 0 Å². The molecular formula is C26H34F3NO2. The fourth-order valence-corrected chi connectivity index (χ4v) is 4.42. The monoisotopic (exact) mass is 449 g/mol. The number of fused-ring (bicyclic) bond motifs is 1. The fourth-order valence-electron chi connectivity index (χ4n) is 4.42. The Labute approximate surface area is 189 Å². The van der Waals surface area contributed by atoms with Gasteiger partial charge in [-0.05, 0) is 48.8 Å². The first-order valence-electron chi connectivity index (χ1n) is 11.8. The molecule has 1 heterocycles. The highest BCUT2D eigenvalue weighted by atomic mass is 19.2. The van der Waals surface area contributed by atoms with Gasteiger partial charge in [-0.2, -0.15) is 4.39 Å². The van der Waals surface area contributed by atoms with Crippen molar-refractivity contribution >= 4 is 0 Å². The topological polar surface area (TPSA) is 31.4 Å². The van der Waals surface area contributed by atoms with Crippen LogP contribution >= 0.6 is 0 Å². The smallest absolute Gasteiger partial charge is 0.212 e. The van der Waals surface area contributed by atoms with Crippen molar-refractivity contribution in [2.75, 3.05) is 13.7 Å². The molecule has 176 valence electrons. The molecular weight excluding hydrogens is 415 g/mol. The summed E-state index contributed by atoms with van der Waals surface area (Å²) >= 11 is 0. The van der Waals surface area contributed by atoms with Crippen molar-refractivity contribution in [1.82, 2.24) is 4.98 Å². The summed E-state index contributed by atoms with van der Waals surface area (Å²) in [5.41, 5.74) is 2.41. The summed E-state index contributed by atoms with van der Waals surface area (Å²) in [5.74, 6) is -1.38. The van der Waals surface area contributed by atoms with E-state index < -0.39 is 17.8 Å². The van der Waals surface area contributed by atoms with Crippen LogP contribution in [0.3, 0.4) is 0 Å². The van der Waals surface area contributed by atoms with Crippen LogP contribution in [0.4, 0.5) is 13.2 Å². The fraction of sp³-hybridized carbons (Fsp3) is 0.577. The average Bonchev–Trinajstić information content (AvgIpc) is 2.81. The molecule has 0 N–H and O–H groups in total. The van der Waals surface area contributed by atoms with Gasteiger partial charge in [0.2, 0.25) is 11.7 Å². The largest absolute Gasteiger partial charge is 0.487 e. The van der Waals surface area contributed by atoms with Crippen LogP contribution in [-0.4, -0.2) is 24.9 Å². The molecule has 0 saturated heterocycles. The molecule has 0 saturated carbocycles. The van der Waals surface area contributed by atoms with Crippen LogP contribution in [-0.2, 0) is 12.8 Å². The van der Waals surface area contributed by atoms with Gasteiger partial charge in [0, 0.05) is 17.8 Å². The number of benzene rings is 1. The van der Waals surface area contributed by atoms with Crippen molar-refractivity contribution in [2.24, 2.45) is 0 Å². The van der Waals surface area contributed by atoms with Gasteiger partial charge in [0.1, 0.15) is 12.8 Å². The maximum atomic E-state index is 14.5. The molecule has 0 fully saturated rings. The van der Waals surface area contributed by atoms with Crippen molar-refractivity contribution in [3.8, 4) is 11.6 Å². The first kappa shape index (κ1) is 24.4. The number of rotatable bonds is 12. The minimum atomic E-state index is -1.18. The third kappa shape index (κ3) is 6.39. The van der Waals surface area contributed by atoms with Gasteiger partial charge in [-0.25, -0.2) is 13.8 Å². The molecule has 2 aromatic rings. The lowest BCUT2D eigenvalue weighted by Gasteiger charge is -2.27. The highest BCUT2D eigenvalue weighted by Crippen LogP contribution is 2.39. The van der Waals surface area contributed by atoms with E-state index in [0.29, 0.717) is 30.7 Å². The Bertz CT molecular complexity index is 857. The summed E-state index contributed by atoms with van der Waals surface area (Å²) in [6, 6.07) is 5.01. The zero-order chi connectivity index (χ0) is 22.9. The predicted molar refractivity (Wildman–Crippen MR) is 120 cm³/mol. The van der Waals surface area contributed by atoms with E-state index in [-0.39, 0.29) is 18.3 Å². The maximum absolute atomic E-state index is 14.5. The van der Waals surface area contributed by atoms with Crippen molar-refractivity contribution in [3.05, 3.63) is 52.7 Å². The third-order valence-electron chi connectivity index (χ3n) is 6.30. The number of hydrogen-bond donors (Lipinski definition) is 0. The van der Waals surface area contributed by atoms with Gasteiger partial charge in [0.05, 0.1) is 7.11 Å². The second-order valence-corrected chi connectivity index (χ2v) is 8.68. The lowest BCUT2D eigenvalue weighted by atomic mass is 9.80. The van der Waals surface area contributed by atoms with Crippen LogP contribution in [0.2, 0.25) is 0 Å². The number of methoxy groups -OCH3 is 1. The number of alkyl halides is 1. The summed E-state index contributed by atoms with van der Waals surface area (Å²) in [6.07, 6.45) is 9.31. The predicted octanol–water partition coefficient (Wildman–Crippen LogP) is 7.11. The Balaban J connectivity index is 1.60. The van der Waals surface area contributed by atoms with E-state index in [1.165, 1.54) is 25.3 Å². The number of ether oxygens (including phenoxy) is 2. The van der Waals surface area contributed by atoms with E-state index in [2.05, 4.69) is 11.9 Å². The maximum Gasteiger partial charge on any atom is 0.212 e. The molecule has 1 aliphatic rings. The molecule has 0 radical (unpaired) electrons. The Kier molecular flexibility index (Phi) is 9.24. The van der Waals surface area contributed by atoms with Crippen LogP contribution < -0.4 is 9.47 Å². The number of aromatic nitrogens is 1. The average molecular weight is 450 g/mol. The third-order valence-corrected chi connectivity index (χ3v) is 6.30. The number of nitrogens with zero attached hydrogens (tertiary/aromatic N) is 1. The van der Waals surface area contributed by atoms with Gasteiger partial charge in [0.15, 0.2) is 11.6 Å². The summed E-state index contributed by atoms with van der Waals surface area (Å²) in [5, 5.41) is 0. The summed E-state index contributed by atoms with van der Waals surface area (Å²) in [7, 11) is 1.56. The van der Waals surface area contributed by atoms with Gasteiger partial charge < -0.3 is 9.47 Å². The standard InChI is InChI=1S/C26H34F3NO2/c1-3-4-5-6-7-8-9-21(27)17-32-26-22-12-10-18(14-20(22)15-23(28)25(26)29)19-11-13-24(31-2)30-16-19/h11,13,15-16,18,21H,3-10,12,14,17H2,1-2H3/t18?,21-/m1/s1. The van der Waals surface area contributed by atoms with E-state index in [1.54, 1.807) is 19.4 Å². The van der Waals surface area contributed by atoms with Crippen LogP contribution in [0.1, 0.15) is 80.9 Å². The van der Waals surface area contributed by atoms with Crippen LogP contribution in [0.15, 0.2) is 24.4 Å². The lowest BCUT2D eigenvalue weighted by Crippen LogP contribution is -2.19. The molecule has 0 spiro atoms. The second-order valence-electron chi connectivity index (χ2n) is 8.68. The molecule has 32 heavy (non-hydrogen) atoms. The van der Waals surface area contributed by atoms with Crippen LogP contribution in [0.25, 0.3) is 0 Å². The minimum absolute atomic E-state index is 0.114. The zero-order valence-electron chi connectivity index (χ0n) is 19.1. The van der Waals surface area contributed by atoms with Gasteiger partial charge in [-0.15, -0.1) is 0 Å². The second kappa shape index (κ2) is 12.1. The number of pyridine rings is 1. The molecule has 1 aromatic heterocycles. The Morgan fingerprint density at radius 1 is 1.12 bits per heavy atom. The number of halogens is 3. The molecule has 0 bridgehead atoms. The van der Waals surface area contributed by atoms with E-state index in [4.69, 9.17) is 9.47 Å². The van der Waals surface area contributed by atoms with Crippen molar-refractivity contribution < 1.29 is 22.6 Å². The quantitative estimate of drug-likeness (QED) is 0.324. The van der Waals surface area contributed by atoms with E-state index in [0.717, 1.165) is 36.8 Å². The van der Waals surface area contributed by atoms with Crippen LogP contribution in [0, 0.1) is 11.6 Å². The van der Waals surface area contributed by atoms with Crippen molar-refractivity contribution in [3.63, 3.8) is 0 Å². The number of unbranched alkanes of at least 4 members (excludes halogenated alkanes) is 5.